The van der Waals surface area contributed by atoms with Crippen LogP contribution in [0.2, 0.25) is 20.1 Å². The summed E-state index contributed by atoms with van der Waals surface area (Å²) in [6.45, 7) is 0.135. The van der Waals surface area contributed by atoms with Gasteiger partial charge >= 0.3 is 5.97 Å². The molecule has 244 valence electrons. The number of amides is 2. The monoisotopic (exact) mass is 726 g/mol. The van der Waals surface area contributed by atoms with Crippen molar-refractivity contribution in [2.24, 2.45) is 11.8 Å². The lowest BCUT2D eigenvalue weighted by molar-refractivity contribution is -0.142. The molecule has 4 atom stereocenters. The Labute approximate surface area is 286 Å². The molecule has 15 heteroatoms. The van der Waals surface area contributed by atoms with Gasteiger partial charge in [-0.15, -0.1) is 0 Å². The van der Waals surface area contributed by atoms with Gasteiger partial charge in [0.05, 0.1) is 20.5 Å². The lowest BCUT2D eigenvalue weighted by Crippen LogP contribution is -2.58. The molecule has 1 aliphatic heterocycles. The largest absolute Gasteiger partial charge is 0.480 e. The standard InChI is InChI=1S/C31H30Cl4N4O6S/c32-20-11-21(33)13-23(12-20)46(44,45)39-16-19-4-2-1-3-18(19)10-27(39)29(40)38-26(31(42)43)9-17-5-7-22(8-6-17)37-30(41)28-24(34)14-36-15-25(28)35/h5-8,11-15,18-19,26-27H,1-4,9-10,16H2,(H,37,41)(H,38,40)(H,42,43). The Morgan fingerprint density at radius 3 is 2.15 bits per heavy atom. The number of pyridine rings is 1. The molecule has 5 rings (SSSR count). The van der Waals surface area contributed by atoms with Crippen molar-refractivity contribution in [2.75, 3.05) is 11.9 Å². The molecule has 0 radical (unpaired) electrons. The lowest BCUT2D eigenvalue weighted by atomic mass is 9.73. The zero-order chi connectivity index (χ0) is 33.2. The third kappa shape index (κ3) is 7.78. The van der Waals surface area contributed by atoms with Crippen molar-refractivity contribution < 1.29 is 27.9 Å². The number of hydrogen-bond acceptors (Lipinski definition) is 6. The minimum Gasteiger partial charge on any atom is -0.480 e. The van der Waals surface area contributed by atoms with Gasteiger partial charge in [-0.25, -0.2) is 13.2 Å². The lowest BCUT2D eigenvalue weighted by Gasteiger charge is -2.44. The Morgan fingerprint density at radius 1 is 0.935 bits per heavy atom. The predicted molar refractivity (Wildman–Crippen MR) is 176 cm³/mol. The SMILES string of the molecule is O=C(Nc1ccc(CC(NC(=O)C2CC3CCCCC3CN2S(=O)(=O)c2cc(Cl)cc(Cl)c2)C(=O)O)cc1)c1c(Cl)cncc1Cl. The van der Waals surface area contributed by atoms with Crippen LogP contribution in [-0.2, 0) is 26.0 Å². The molecule has 4 unspecified atom stereocenters. The molecule has 0 spiro atoms. The number of nitrogens with one attached hydrogen (secondary N) is 2. The molecule has 1 aromatic heterocycles. The second kappa shape index (κ2) is 14.5. The van der Waals surface area contributed by atoms with Crippen LogP contribution >= 0.6 is 46.4 Å². The van der Waals surface area contributed by atoms with Crippen LogP contribution in [0.15, 0.2) is 59.8 Å². The van der Waals surface area contributed by atoms with E-state index in [9.17, 15) is 27.9 Å². The van der Waals surface area contributed by atoms with Gasteiger partial charge in [-0.05, 0) is 60.6 Å². The number of piperidine rings is 1. The van der Waals surface area contributed by atoms with E-state index in [1.807, 2.05) is 0 Å². The Hall–Kier alpha value is -2.93. The zero-order valence-corrected chi connectivity index (χ0v) is 28.1. The van der Waals surface area contributed by atoms with Crippen LogP contribution in [0.3, 0.4) is 0 Å². The number of anilines is 1. The highest BCUT2D eigenvalue weighted by Gasteiger charge is 2.46. The number of carboxylic acids is 1. The van der Waals surface area contributed by atoms with E-state index in [1.54, 1.807) is 24.3 Å². The highest BCUT2D eigenvalue weighted by atomic mass is 35.5. The molecule has 2 aliphatic rings. The maximum atomic E-state index is 13.9. The summed E-state index contributed by atoms with van der Waals surface area (Å²) in [5.74, 6) is -2.30. The second-order valence-corrected chi connectivity index (χ2v) is 15.0. The van der Waals surface area contributed by atoms with Gasteiger partial charge in [-0.2, -0.15) is 4.31 Å². The van der Waals surface area contributed by atoms with Crippen LogP contribution in [0.5, 0.6) is 0 Å². The first-order valence-electron chi connectivity index (χ1n) is 14.5. The highest BCUT2D eigenvalue weighted by Crippen LogP contribution is 2.41. The Kier molecular flexibility index (Phi) is 10.8. The van der Waals surface area contributed by atoms with Gasteiger partial charge in [0.15, 0.2) is 0 Å². The van der Waals surface area contributed by atoms with Crippen LogP contribution in [-0.4, -0.2) is 59.2 Å². The van der Waals surface area contributed by atoms with Crippen LogP contribution in [0.25, 0.3) is 0 Å². The van der Waals surface area contributed by atoms with E-state index >= 15 is 0 Å². The van der Waals surface area contributed by atoms with E-state index in [0.717, 1.165) is 25.7 Å². The van der Waals surface area contributed by atoms with Crippen LogP contribution < -0.4 is 10.6 Å². The molecule has 1 saturated carbocycles. The summed E-state index contributed by atoms with van der Waals surface area (Å²) in [5, 5.41) is 15.7. The molecule has 2 amide bonds. The number of hydrogen-bond donors (Lipinski definition) is 3. The fraction of sp³-hybridized carbons (Fsp3) is 0.355. The number of aliphatic carboxylic acids is 1. The predicted octanol–water partition coefficient (Wildman–Crippen LogP) is 6.33. The Balaban J connectivity index is 1.32. The fourth-order valence-corrected chi connectivity index (χ4v) is 9.08. The van der Waals surface area contributed by atoms with Crippen molar-refractivity contribution >= 4 is 79.9 Å². The summed E-state index contributed by atoms with van der Waals surface area (Å²) >= 11 is 24.4. The van der Waals surface area contributed by atoms with Crippen LogP contribution in [0.4, 0.5) is 5.69 Å². The topological polar surface area (TPSA) is 146 Å². The Morgan fingerprint density at radius 2 is 1.54 bits per heavy atom. The van der Waals surface area contributed by atoms with Gasteiger partial charge in [-0.1, -0.05) is 77.8 Å². The van der Waals surface area contributed by atoms with Gasteiger partial charge < -0.3 is 15.7 Å². The number of rotatable bonds is 9. The smallest absolute Gasteiger partial charge is 0.326 e. The second-order valence-electron chi connectivity index (χ2n) is 11.5. The molecule has 1 saturated heterocycles. The fourth-order valence-electron chi connectivity index (χ4n) is 6.16. The summed E-state index contributed by atoms with van der Waals surface area (Å²) < 4.78 is 29.0. The quantitative estimate of drug-likeness (QED) is 0.234. The summed E-state index contributed by atoms with van der Waals surface area (Å²) in [4.78, 5) is 42.4. The van der Waals surface area contributed by atoms with E-state index in [0.29, 0.717) is 11.3 Å². The Bertz CT molecular complexity index is 1720. The number of nitrogens with zero attached hydrogens (tertiary/aromatic N) is 2. The molecule has 0 bridgehead atoms. The van der Waals surface area contributed by atoms with Gasteiger partial charge in [0.25, 0.3) is 5.91 Å². The van der Waals surface area contributed by atoms with E-state index in [-0.39, 0.29) is 61.8 Å². The summed E-state index contributed by atoms with van der Waals surface area (Å²) in [6, 6.07) is 7.90. The molecule has 2 heterocycles. The summed E-state index contributed by atoms with van der Waals surface area (Å²) in [7, 11) is -4.21. The number of carbonyl (C=O) groups is 3. The third-order valence-corrected chi connectivity index (χ3v) is 11.3. The van der Waals surface area contributed by atoms with Crippen molar-refractivity contribution in [1.29, 1.82) is 0 Å². The molecule has 2 aromatic carbocycles. The molecule has 3 aromatic rings. The van der Waals surface area contributed by atoms with E-state index in [4.69, 9.17) is 46.4 Å². The van der Waals surface area contributed by atoms with E-state index in [1.165, 1.54) is 34.9 Å². The van der Waals surface area contributed by atoms with E-state index in [2.05, 4.69) is 15.6 Å². The summed E-state index contributed by atoms with van der Waals surface area (Å²) in [6.07, 6.45) is 6.46. The van der Waals surface area contributed by atoms with Crippen molar-refractivity contribution in [3.05, 3.63) is 86.1 Å². The number of carboxylic acid groups (broad SMARTS) is 1. The first-order valence-corrected chi connectivity index (χ1v) is 17.5. The van der Waals surface area contributed by atoms with Gasteiger partial charge in [0.1, 0.15) is 12.1 Å². The molecule has 3 N–H and O–H groups in total. The zero-order valence-electron chi connectivity index (χ0n) is 24.3. The van der Waals surface area contributed by atoms with Crippen LogP contribution in [0.1, 0.15) is 48.0 Å². The molecular weight excluding hydrogens is 698 g/mol. The van der Waals surface area contributed by atoms with E-state index < -0.39 is 39.9 Å². The average molecular weight is 728 g/mol. The maximum Gasteiger partial charge on any atom is 0.326 e. The number of carbonyl (C=O) groups excluding carboxylic acids is 2. The average Bonchev–Trinajstić information content (AvgIpc) is 3.00. The normalized spacial score (nSPS) is 20.7. The van der Waals surface area contributed by atoms with Crippen molar-refractivity contribution in [2.45, 2.75) is 55.5 Å². The molecule has 1 aliphatic carbocycles. The third-order valence-electron chi connectivity index (χ3n) is 8.45. The number of halogens is 4. The number of aromatic nitrogens is 1. The van der Waals surface area contributed by atoms with Crippen molar-refractivity contribution in [1.82, 2.24) is 14.6 Å². The number of benzene rings is 2. The number of sulfonamides is 1. The molecule has 2 fully saturated rings. The van der Waals surface area contributed by atoms with Gasteiger partial charge in [0, 0.05) is 41.1 Å². The minimum absolute atomic E-state index is 0.0628. The van der Waals surface area contributed by atoms with Gasteiger partial charge in [0.2, 0.25) is 15.9 Å². The molecular formula is C31H30Cl4N4O6S. The highest BCUT2D eigenvalue weighted by molar-refractivity contribution is 7.89. The van der Waals surface area contributed by atoms with Gasteiger partial charge in [-0.3, -0.25) is 14.6 Å². The maximum absolute atomic E-state index is 13.9. The summed E-state index contributed by atoms with van der Waals surface area (Å²) in [5.41, 5.74) is 1.02. The van der Waals surface area contributed by atoms with Crippen molar-refractivity contribution in [3.8, 4) is 0 Å². The number of fused-ring (bicyclic) bond motifs is 1. The molecule has 10 nitrogen and oxygen atoms in total. The minimum atomic E-state index is -4.21. The first-order chi connectivity index (χ1) is 21.8. The van der Waals surface area contributed by atoms with Crippen LogP contribution in [0, 0.1) is 11.8 Å². The first kappa shape index (κ1) is 34.4. The molecule has 46 heavy (non-hydrogen) atoms. The van der Waals surface area contributed by atoms with Crippen molar-refractivity contribution in [3.63, 3.8) is 0 Å².